The summed E-state index contributed by atoms with van der Waals surface area (Å²) < 4.78 is 19.1. The van der Waals surface area contributed by atoms with Crippen LogP contribution in [0.3, 0.4) is 0 Å². The SMILES string of the molecule is O=C1S/C(=C/c2cccc(OCc3ccccc3)c2)C(=O)N1Cc1ccc(F)cc1Cl. The Morgan fingerprint density at radius 1 is 1.00 bits per heavy atom. The van der Waals surface area contributed by atoms with Crippen LogP contribution in [0, 0.1) is 5.82 Å². The maximum Gasteiger partial charge on any atom is 0.293 e. The van der Waals surface area contributed by atoms with Gasteiger partial charge in [0.2, 0.25) is 0 Å². The highest BCUT2D eigenvalue weighted by Gasteiger charge is 2.35. The number of imide groups is 1. The van der Waals surface area contributed by atoms with Crippen molar-refractivity contribution >= 4 is 40.6 Å². The standard InChI is InChI=1S/C24H17ClFNO3S/c25-21-13-19(26)10-9-18(21)14-27-23(28)22(31-24(27)29)12-17-7-4-8-20(11-17)30-15-16-5-2-1-3-6-16/h1-13H,14-15H2/b22-12+. The molecule has 1 heterocycles. The average Bonchev–Trinajstić information content (AvgIpc) is 3.02. The summed E-state index contributed by atoms with van der Waals surface area (Å²) in [5.41, 5.74) is 2.30. The summed E-state index contributed by atoms with van der Waals surface area (Å²) in [7, 11) is 0. The van der Waals surface area contributed by atoms with Crippen molar-refractivity contribution in [3.63, 3.8) is 0 Å². The number of hydrogen-bond acceptors (Lipinski definition) is 4. The Hall–Kier alpha value is -3.09. The third kappa shape index (κ3) is 5.16. The predicted octanol–water partition coefficient (Wildman–Crippen LogP) is 6.29. The minimum Gasteiger partial charge on any atom is -0.489 e. The van der Waals surface area contributed by atoms with E-state index in [1.165, 1.54) is 12.1 Å². The van der Waals surface area contributed by atoms with E-state index in [1.54, 1.807) is 6.08 Å². The molecule has 0 aliphatic carbocycles. The Balaban J connectivity index is 1.47. The van der Waals surface area contributed by atoms with Crippen LogP contribution >= 0.6 is 23.4 Å². The first kappa shape index (κ1) is 21.2. The summed E-state index contributed by atoms with van der Waals surface area (Å²) in [5.74, 6) is -0.224. The molecule has 7 heteroatoms. The lowest BCUT2D eigenvalue weighted by Gasteiger charge is -2.13. The van der Waals surface area contributed by atoms with Gasteiger partial charge in [0.25, 0.3) is 11.1 Å². The molecule has 1 aliphatic heterocycles. The van der Waals surface area contributed by atoms with Crippen LogP contribution in [0.25, 0.3) is 6.08 Å². The van der Waals surface area contributed by atoms with Gasteiger partial charge in [-0.15, -0.1) is 0 Å². The summed E-state index contributed by atoms with van der Waals surface area (Å²) >= 11 is 6.90. The van der Waals surface area contributed by atoms with Gasteiger partial charge in [-0.3, -0.25) is 14.5 Å². The molecule has 1 aliphatic rings. The second kappa shape index (κ2) is 9.37. The third-order valence-corrected chi connectivity index (χ3v) is 5.88. The number of amides is 2. The zero-order valence-electron chi connectivity index (χ0n) is 16.3. The van der Waals surface area contributed by atoms with Crippen LogP contribution in [0.1, 0.15) is 16.7 Å². The molecule has 1 fully saturated rings. The van der Waals surface area contributed by atoms with Crippen LogP contribution in [0.2, 0.25) is 5.02 Å². The van der Waals surface area contributed by atoms with Crippen LogP contribution in [-0.4, -0.2) is 16.0 Å². The third-order valence-electron chi connectivity index (χ3n) is 4.62. The summed E-state index contributed by atoms with van der Waals surface area (Å²) in [6.07, 6.45) is 1.66. The Bertz CT molecular complexity index is 1170. The number of nitrogens with zero attached hydrogens (tertiary/aromatic N) is 1. The van der Waals surface area contributed by atoms with Gasteiger partial charge < -0.3 is 4.74 Å². The summed E-state index contributed by atoms with van der Waals surface area (Å²) in [6, 6.07) is 21.0. The van der Waals surface area contributed by atoms with Crippen molar-refractivity contribution < 1.29 is 18.7 Å². The molecule has 4 rings (SSSR count). The first-order valence-corrected chi connectivity index (χ1v) is 10.6. The monoisotopic (exact) mass is 453 g/mol. The van der Waals surface area contributed by atoms with Crippen molar-refractivity contribution in [2.24, 2.45) is 0 Å². The highest BCUT2D eigenvalue weighted by molar-refractivity contribution is 8.18. The predicted molar refractivity (Wildman–Crippen MR) is 120 cm³/mol. The Kier molecular flexibility index (Phi) is 6.39. The highest BCUT2D eigenvalue weighted by Crippen LogP contribution is 2.34. The molecular weight excluding hydrogens is 437 g/mol. The highest BCUT2D eigenvalue weighted by atomic mass is 35.5. The lowest BCUT2D eigenvalue weighted by atomic mass is 10.2. The van der Waals surface area contributed by atoms with E-state index in [0.717, 1.165) is 33.9 Å². The molecule has 0 aromatic heterocycles. The van der Waals surface area contributed by atoms with E-state index in [-0.39, 0.29) is 11.6 Å². The number of hydrogen-bond donors (Lipinski definition) is 0. The van der Waals surface area contributed by atoms with E-state index in [1.807, 2.05) is 54.6 Å². The number of carbonyl (C=O) groups is 2. The molecule has 2 amide bonds. The van der Waals surface area contributed by atoms with Crippen molar-refractivity contribution in [3.8, 4) is 5.75 Å². The van der Waals surface area contributed by atoms with Gasteiger partial charge in [0.1, 0.15) is 18.2 Å². The molecule has 0 atom stereocenters. The van der Waals surface area contributed by atoms with E-state index < -0.39 is 17.0 Å². The fourth-order valence-electron chi connectivity index (χ4n) is 3.04. The average molecular weight is 454 g/mol. The molecule has 0 saturated carbocycles. The fraction of sp³-hybridized carbons (Fsp3) is 0.0833. The van der Waals surface area contributed by atoms with Gasteiger partial charge in [-0.25, -0.2) is 4.39 Å². The fourth-order valence-corrected chi connectivity index (χ4v) is 4.11. The maximum absolute atomic E-state index is 13.2. The number of rotatable bonds is 6. The Morgan fingerprint density at radius 2 is 1.81 bits per heavy atom. The van der Waals surface area contributed by atoms with E-state index in [9.17, 15) is 14.0 Å². The molecule has 1 saturated heterocycles. The molecule has 3 aromatic rings. The molecule has 0 unspecified atom stereocenters. The van der Waals surface area contributed by atoms with Gasteiger partial charge in [-0.05, 0) is 58.8 Å². The first-order valence-electron chi connectivity index (χ1n) is 9.46. The van der Waals surface area contributed by atoms with E-state index >= 15 is 0 Å². The zero-order valence-corrected chi connectivity index (χ0v) is 17.8. The van der Waals surface area contributed by atoms with Crippen molar-refractivity contribution in [1.82, 2.24) is 4.90 Å². The molecule has 156 valence electrons. The topological polar surface area (TPSA) is 46.6 Å². The molecule has 4 nitrogen and oxygen atoms in total. The van der Waals surface area contributed by atoms with Gasteiger partial charge in [-0.1, -0.05) is 60.1 Å². The molecular formula is C24H17ClFNO3S. The molecule has 0 radical (unpaired) electrons. The molecule has 0 spiro atoms. The first-order chi connectivity index (χ1) is 15.0. The number of benzene rings is 3. The minimum absolute atomic E-state index is 0.0126. The number of carbonyl (C=O) groups excluding carboxylic acids is 2. The van der Waals surface area contributed by atoms with E-state index in [4.69, 9.17) is 16.3 Å². The molecule has 31 heavy (non-hydrogen) atoms. The van der Waals surface area contributed by atoms with Gasteiger partial charge in [0, 0.05) is 5.02 Å². The normalized spacial score (nSPS) is 15.0. The maximum atomic E-state index is 13.2. The van der Waals surface area contributed by atoms with Crippen LogP contribution < -0.4 is 4.74 Å². The second-order valence-corrected chi connectivity index (χ2v) is 8.25. The van der Waals surface area contributed by atoms with E-state index in [2.05, 4.69) is 0 Å². The molecule has 0 bridgehead atoms. The van der Waals surface area contributed by atoms with Gasteiger partial charge >= 0.3 is 0 Å². The van der Waals surface area contributed by atoms with Crippen LogP contribution in [0.4, 0.5) is 9.18 Å². The zero-order chi connectivity index (χ0) is 21.8. The van der Waals surface area contributed by atoms with Crippen LogP contribution in [0.15, 0.2) is 77.7 Å². The lowest BCUT2D eigenvalue weighted by Crippen LogP contribution is -2.27. The van der Waals surface area contributed by atoms with Crippen molar-refractivity contribution in [2.45, 2.75) is 13.2 Å². The smallest absolute Gasteiger partial charge is 0.293 e. The Morgan fingerprint density at radius 3 is 2.58 bits per heavy atom. The van der Waals surface area contributed by atoms with E-state index in [0.29, 0.717) is 22.8 Å². The number of thioether (sulfide) groups is 1. The minimum atomic E-state index is -0.475. The van der Waals surface area contributed by atoms with Crippen molar-refractivity contribution in [3.05, 3.63) is 105 Å². The summed E-state index contributed by atoms with van der Waals surface area (Å²) in [6.45, 7) is 0.417. The number of ether oxygens (including phenoxy) is 1. The lowest BCUT2D eigenvalue weighted by molar-refractivity contribution is -0.123. The van der Waals surface area contributed by atoms with Gasteiger partial charge in [-0.2, -0.15) is 0 Å². The van der Waals surface area contributed by atoms with Gasteiger partial charge in [0.05, 0.1) is 11.4 Å². The largest absolute Gasteiger partial charge is 0.489 e. The van der Waals surface area contributed by atoms with Gasteiger partial charge in [0.15, 0.2) is 0 Å². The quantitative estimate of drug-likeness (QED) is 0.411. The van der Waals surface area contributed by atoms with Crippen LogP contribution in [-0.2, 0) is 17.9 Å². The summed E-state index contributed by atoms with van der Waals surface area (Å²) in [5, 5.41) is -0.223. The summed E-state index contributed by atoms with van der Waals surface area (Å²) in [4.78, 5) is 26.6. The number of halogens is 2. The molecule has 3 aromatic carbocycles. The second-order valence-electron chi connectivity index (χ2n) is 6.85. The van der Waals surface area contributed by atoms with Crippen molar-refractivity contribution in [1.29, 1.82) is 0 Å². The van der Waals surface area contributed by atoms with Crippen LogP contribution in [0.5, 0.6) is 5.75 Å². The van der Waals surface area contributed by atoms with Crippen molar-refractivity contribution in [2.75, 3.05) is 0 Å². The Labute approximate surface area is 188 Å². The molecule has 0 N–H and O–H groups in total.